The van der Waals surface area contributed by atoms with E-state index < -0.39 is 11.7 Å². The Hall–Kier alpha value is 0.270. The number of hydrogen-bond donors (Lipinski definition) is 1. The van der Waals surface area contributed by atoms with Gasteiger partial charge in [0.05, 0.1) is 5.56 Å². The Balaban J connectivity index is 0.00000144. The van der Waals surface area contributed by atoms with Gasteiger partial charge in [0.1, 0.15) is 0 Å². The van der Waals surface area contributed by atoms with Crippen molar-refractivity contribution in [2.45, 2.75) is 6.18 Å². The van der Waals surface area contributed by atoms with E-state index in [0.717, 1.165) is 12.1 Å². The SMILES string of the molecule is I.Nc1ccc(C(F)(F)F)cc1I. The first-order valence-electron chi connectivity index (χ1n) is 3.03. The van der Waals surface area contributed by atoms with Crippen LogP contribution in [0, 0.1) is 3.57 Å². The third-order valence-corrected chi connectivity index (χ3v) is 2.26. The lowest BCUT2D eigenvalue weighted by atomic mass is 10.2. The molecule has 0 bridgehead atoms. The molecule has 2 N–H and O–H groups in total. The van der Waals surface area contributed by atoms with Gasteiger partial charge in [0.2, 0.25) is 0 Å². The summed E-state index contributed by atoms with van der Waals surface area (Å²) in [7, 11) is 0. The van der Waals surface area contributed by atoms with E-state index in [1.54, 1.807) is 22.6 Å². The molecule has 1 nitrogen and oxygen atoms in total. The van der Waals surface area contributed by atoms with Crippen molar-refractivity contribution in [3.05, 3.63) is 27.3 Å². The fourth-order valence-corrected chi connectivity index (χ4v) is 1.22. The Labute approximate surface area is 104 Å². The highest BCUT2D eigenvalue weighted by Crippen LogP contribution is 2.31. The second-order valence-electron chi connectivity index (χ2n) is 2.23. The van der Waals surface area contributed by atoms with Crippen molar-refractivity contribution in [1.29, 1.82) is 0 Å². The van der Waals surface area contributed by atoms with Crippen molar-refractivity contribution in [2.24, 2.45) is 0 Å². The zero-order chi connectivity index (χ0) is 9.35. The highest BCUT2D eigenvalue weighted by molar-refractivity contribution is 14.1. The van der Waals surface area contributed by atoms with E-state index in [9.17, 15) is 13.2 Å². The Morgan fingerprint density at radius 3 is 2.15 bits per heavy atom. The molecule has 0 saturated carbocycles. The highest BCUT2D eigenvalue weighted by atomic mass is 127. The van der Waals surface area contributed by atoms with Crippen molar-refractivity contribution in [2.75, 3.05) is 5.73 Å². The number of nitrogens with two attached hydrogens (primary N) is 1. The van der Waals surface area contributed by atoms with Crippen molar-refractivity contribution in [3.8, 4) is 0 Å². The zero-order valence-electron chi connectivity index (χ0n) is 6.23. The van der Waals surface area contributed by atoms with Gasteiger partial charge in [-0.1, -0.05) is 0 Å². The molecular weight excluding hydrogens is 409 g/mol. The predicted molar refractivity (Wildman–Crippen MR) is 64.0 cm³/mol. The molecule has 0 unspecified atom stereocenters. The molecule has 13 heavy (non-hydrogen) atoms. The van der Waals surface area contributed by atoms with Gasteiger partial charge in [-0.05, 0) is 40.8 Å². The summed E-state index contributed by atoms with van der Waals surface area (Å²) in [5.41, 5.74) is 5.06. The fourth-order valence-electron chi connectivity index (χ4n) is 0.703. The van der Waals surface area contributed by atoms with Gasteiger partial charge in [0.25, 0.3) is 0 Å². The molecule has 1 aromatic carbocycles. The Morgan fingerprint density at radius 1 is 1.23 bits per heavy atom. The molecule has 1 rings (SSSR count). The van der Waals surface area contributed by atoms with E-state index in [4.69, 9.17) is 5.73 Å². The fraction of sp³-hybridized carbons (Fsp3) is 0.143. The standard InChI is InChI=1S/C7H5F3IN.HI/c8-7(9,10)4-1-2-6(12)5(11)3-4;/h1-3H,12H2;1H. The molecule has 0 atom stereocenters. The second-order valence-corrected chi connectivity index (χ2v) is 3.40. The number of rotatable bonds is 0. The normalized spacial score (nSPS) is 10.8. The number of benzene rings is 1. The third kappa shape index (κ3) is 3.49. The monoisotopic (exact) mass is 415 g/mol. The van der Waals surface area contributed by atoms with Gasteiger partial charge in [0.15, 0.2) is 0 Å². The molecule has 0 fully saturated rings. The summed E-state index contributed by atoms with van der Waals surface area (Å²) in [6.07, 6.45) is -4.28. The van der Waals surface area contributed by atoms with Crippen LogP contribution in [0.15, 0.2) is 18.2 Å². The van der Waals surface area contributed by atoms with Crippen molar-refractivity contribution in [3.63, 3.8) is 0 Å². The van der Waals surface area contributed by atoms with Gasteiger partial charge >= 0.3 is 6.18 Å². The summed E-state index contributed by atoms with van der Waals surface area (Å²) in [6, 6.07) is 3.25. The topological polar surface area (TPSA) is 26.0 Å². The van der Waals surface area contributed by atoms with Crippen LogP contribution in [0.25, 0.3) is 0 Å². The summed E-state index contributed by atoms with van der Waals surface area (Å²) >= 11 is 1.76. The number of nitrogen functional groups attached to an aromatic ring is 1. The van der Waals surface area contributed by atoms with E-state index in [-0.39, 0.29) is 24.0 Å². The molecular formula is C7H6F3I2N. The Bertz CT molecular complexity index is 298. The van der Waals surface area contributed by atoms with Crippen LogP contribution in [0.1, 0.15) is 5.56 Å². The summed E-state index contributed by atoms with van der Waals surface area (Å²) in [4.78, 5) is 0. The molecule has 0 aliphatic heterocycles. The van der Waals surface area contributed by atoms with Crippen LogP contribution < -0.4 is 5.73 Å². The summed E-state index contributed by atoms with van der Waals surface area (Å²) in [5.74, 6) is 0. The number of hydrogen-bond acceptors (Lipinski definition) is 1. The minimum atomic E-state index is -4.28. The Morgan fingerprint density at radius 2 is 1.77 bits per heavy atom. The molecule has 0 aromatic heterocycles. The first kappa shape index (κ1) is 13.3. The maximum atomic E-state index is 12.1. The van der Waals surface area contributed by atoms with Crippen LogP contribution in [0.5, 0.6) is 0 Å². The zero-order valence-corrected chi connectivity index (χ0v) is 10.7. The molecule has 0 spiro atoms. The van der Waals surface area contributed by atoms with Crippen LogP contribution in [-0.4, -0.2) is 0 Å². The Kier molecular flexibility index (Phi) is 4.77. The molecule has 0 aliphatic rings. The van der Waals surface area contributed by atoms with E-state index in [1.165, 1.54) is 6.07 Å². The molecule has 0 amide bonds. The van der Waals surface area contributed by atoms with Gasteiger partial charge in [0, 0.05) is 9.26 Å². The highest BCUT2D eigenvalue weighted by Gasteiger charge is 2.30. The van der Waals surface area contributed by atoms with Crippen LogP contribution in [0.4, 0.5) is 18.9 Å². The van der Waals surface area contributed by atoms with E-state index >= 15 is 0 Å². The summed E-state index contributed by atoms with van der Waals surface area (Å²) in [5, 5.41) is 0. The van der Waals surface area contributed by atoms with E-state index in [1.807, 2.05) is 0 Å². The first-order valence-corrected chi connectivity index (χ1v) is 4.11. The first-order chi connectivity index (χ1) is 5.41. The van der Waals surface area contributed by atoms with Gasteiger partial charge in [-0.15, -0.1) is 24.0 Å². The second kappa shape index (κ2) is 4.67. The molecule has 74 valence electrons. The average molecular weight is 415 g/mol. The number of alkyl halides is 3. The smallest absolute Gasteiger partial charge is 0.398 e. The van der Waals surface area contributed by atoms with Gasteiger partial charge in [-0.25, -0.2) is 0 Å². The largest absolute Gasteiger partial charge is 0.416 e. The number of halogens is 5. The van der Waals surface area contributed by atoms with Crippen molar-refractivity contribution < 1.29 is 13.2 Å². The molecule has 0 saturated heterocycles. The summed E-state index contributed by atoms with van der Waals surface area (Å²) in [6.45, 7) is 0. The van der Waals surface area contributed by atoms with Crippen LogP contribution >= 0.6 is 46.6 Å². The van der Waals surface area contributed by atoms with E-state index in [0.29, 0.717) is 9.26 Å². The minimum absolute atomic E-state index is 0. The van der Waals surface area contributed by atoms with Crippen LogP contribution in [0.3, 0.4) is 0 Å². The van der Waals surface area contributed by atoms with Gasteiger partial charge < -0.3 is 5.73 Å². The quantitative estimate of drug-likeness (QED) is 0.510. The lowest BCUT2D eigenvalue weighted by molar-refractivity contribution is -0.137. The predicted octanol–water partition coefficient (Wildman–Crippen LogP) is 3.51. The minimum Gasteiger partial charge on any atom is -0.398 e. The maximum absolute atomic E-state index is 12.1. The molecule has 6 heteroatoms. The number of anilines is 1. The van der Waals surface area contributed by atoms with Crippen LogP contribution in [-0.2, 0) is 6.18 Å². The lowest BCUT2D eigenvalue weighted by Gasteiger charge is -2.07. The lowest BCUT2D eigenvalue weighted by Crippen LogP contribution is -2.05. The summed E-state index contributed by atoms with van der Waals surface area (Å²) < 4.78 is 36.6. The maximum Gasteiger partial charge on any atom is 0.416 e. The molecule has 0 aliphatic carbocycles. The van der Waals surface area contributed by atoms with Gasteiger partial charge in [-0.2, -0.15) is 13.2 Å². The van der Waals surface area contributed by atoms with Crippen molar-refractivity contribution >= 4 is 52.3 Å². The molecule has 1 aromatic rings. The third-order valence-electron chi connectivity index (χ3n) is 1.33. The van der Waals surface area contributed by atoms with Crippen molar-refractivity contribution in [1.82, 2.24) is 0 Å². The van der Waals surface area contributed by atoms with Gasteiger partial charge in [-0.3, -0.25) is 0 Å². The van der Waals surface area contributed by atoms with E-state index in [2.05, 4.69) is 0 Å². The molecule has 0 heterocycles. The van der Waals surface area contributed by atoms with Crippen LogP contribution in [0.2, 0.25) is 0 Å². The average Bonchev–Trinajstić information content (AvgIpc) is 1.92. The molecule has 0 radical (unpaired) electrons.